The number of alkyl halides is 3. The zero-order chi connectivity index (χ0) is 21.3. The maximum absolute atomic E-state index is 12.9. The zero-order valence-corrected chi connectivity index (χ0v) is 15.5. The summed E-state index contributed by atoms with van der Waals surface area (Å²) >= 11 is 0. The Hall–Kier alpha value is -3.82. The van der Waals surface area contributed by atoms with Crippen molar-refractivity contribution in [2.75, 3.05) is 22.5 Å². The normalized spacial score (nSPS) is 13.1. The van der Waals surface area contributed by atoms with Crippen molar-refractivity contribution < 1.29 is 22.7 Å². The van der Waals surface area contributed by atoms with Crippen molar-refractivity contribution in [3.8, 4) is 11.6 Å². The molecular formula is C20H16F3N5O2. The minimum Gasteiger partial charge on any atom is -0.439 e. The number of hydrogen-bond acceptors (Lipinski definition) is 5. The molecule has 0 saturated carbocycles. The van der Waals surface area contributed by atoms with Crippen LogP contribution in [-0.4, -0.2) is 22.5 Å². The van der Waals surface area contributed by atoms with Gasteiger partial charge < -0.3 is 15.8 Å². The summed E-state index contributed by atoms with van der Waals surface area (Å²) in [6.45, 7) is 0.393. The highest BCUT2D eigenvalue weighted by molar-refractivity contribution is 6.03. The number of hydrogen-bond donors (Lipinski definition) is 2. The molecule has 30 heavy (non-hydrogen) atoms. The van der Waals surface area contributed by atoms with Crippen LogP contribution >= 0.6 is 0 Å². The third-order valence-electron chi connectivity index (χ3n) is 4.50. The molecule has 1 aliphatic rings. The molecule has 0 spiro atoms. The van der Waals surface area contributed by atoms with Crippen LogP contribution in [0.25, 0.3) is 0 Å². The van der Waals surface area contributed by atoms with E-state index in [-0.39, 0.29) is 11.6 Å². The van der Waals surface area contributed by atoms with Crippen molar-refractivity contribution in [3.63, 3.8) is 0 Å². The van der Waals surface area contributed by atoms with Gasteiger partial charge in [-0.1, -0.05) is 6.07 Å². The van der Waals surface area contributed by atoms with Crippen LogP contribution in [0.1, 0.15) is 11.1 Å². The minimum atomic E-state index is -4.48. The van der Waals surface area contributed by atoms with Crippen molar-refractivity contribution in [2.45, 2.75) is 12.6 Å². The molecule has 1 aliphatic heterocycles. The number of carbonyl (C=O) groups excluding carboxylic acids is 1. The number of benzene rings is 2. The predicted octanol–water partition coefficient (Wildman–Crippen LogP) is 4.46. The van der Waals surface area contributed by atoms with Crippen LogP contribution in [0.4, 0.5) is 35.3 Å². The summed E-state index contributed by atoms with van der Waals surface area (Å²) in [6, 6.07) is 10.7. The summed E-state index contributed by atoms with van der Waals surface area (Å²) in [5, 5.41) is 2.52. The molecule has 0 saturated heterocycles. The van der Waals surface area contributed by atoms with Gasteiger partial charge in [0.05, 0.1) is 5.56 Å². The molecule has 0 bridgehead atoms. The number of rotatable bonds is 3. The molecule has 3 aromatic rings. The molecule has 0 unspecified atom stereocenters. The second-order valence-electron chi connectivity index (χ2n) is 6.56. The quantitative estimate of drug-likeness (QED) is 0.659. The van der Waals surface area contributed by atoms with E-state index in [1.807, 2.05) is 0 Å². The Morgan fingerprint density at radius 3 is 2.77 bits per heavy atom. The first-order valence-corrected chi connectivity index (χ1v) is 8.95. The molecule has 10 heteroatoms. The van der Waals surface area contributed by atoms with Crippen molar-refractivity contribution in [1.82, 2.24) is 9.97 Å². The monoisotopic (exact) mass is 415 g/mol. The lowest BCUT2D eigenvalue weighted by molar-refractivity contribution is -0.137. The first-order valence-electron chi connectivity index (χ1n) is 8.95. The lowest BCUT2D eigenvalue weighted by atomic mass is 10.1. The van der Waals surface area contributed by atoms with Gasteiger partial charge in [0.1, 0.15) is 5.75 Å². The van der Waals surface area contributed by atoms with Crippen LogP contribution in [0.5, 0.6) is 11.6 Å². The fourth-order valence-corrected chi connectivity index (χ4v) is 3.15. The van der Waals surface area contributed by atoms with Gasteiger partial charge in [-0.2, -0.15) is 18.2 Å². The number of aromatic nitrogens is 2. The number of fused-ring (bicyclic) bond motifs is 1. The molecule has 4 rings (SSSR count). The third-order valence-corrected chi connectivity index (χ3v) is 4.50. The molecule has 3 N–H and O–H groups in total. The zero-order valence-electron chi connectivity index (χ0n) is 15.5. The molecule has 1 aromatic heterocycles. The van der Waals surface area contributed by atoms with Crippen molar-refractivity contribution in [2.24, 2.45) is 0 Å². The number of nitrogens with one attached hydrogen (secondary N) is 1. The van der Waals surface area contributed by atoms with Crippen LogP contribution in [-0.2, 0) is 12.6 Å². The lowest BCUT2D eigenvalue weighted by Gasteiger charge is -2.19. The van der Waals surface area contributed by atoms with Crippen molar-refractivity contribution in [3.05, 3.63) is 65.9 Å². The highest BCUT2D eigenvalue weighted by Crippen LogP contribution is 2.34. The number of carbonyl (C=O) groups is 1. The van der Waals surface area contributed by atoms with E-state index in [0.717, 1.165) is 17.7 Å². The number of urea groups is 1. The van der Waals surface area contributed by atoms with Crippen molar-refractivity contribution in [1.29, 1.82) is 0 Å². The number of nitrogens with two attached hydrogens (primary N) is 1. The fraction of sp³-hybridized carbons (Fsp3) is 0.150. The maximum atomic E-state index is 12.9. The minimum absolute atomic E-state index is 0.0737. The van der Waals surface area contributed by atoms with Gasteiger partial charge in [0.25, 0.3) is 0 Å². The molecule has 0 radical (unpaired) electrons. The van der Waals surface area contributed by atoms with Gasteiger partial charge >= 0.3 is 12.2 Å². The summed E-state index contributed by atoms with van der Waals surface area (Å²) in [5.41, 5.74) is 6.31. The van der Waals surface area contributed by atoms with Gasteiger partial charge in [-0.05, 0) is 48.4 Å². The van der Waals surface area contributed by atoms with E-state index in [4.69, 9.17) is 10.5 Å². The second-order valence-corrected chi connectivity index (χ2v) is 6.56. The van der Waals surface area contributed by atoms with Gasteiger partial charge in [-0.25, -0.2) is 9.78 Å². The highest BCUT2D eigenvalue weighted by atomic mass is 19.4. The molecule has 2 heterocycles. The smallest absolute Gasteiger partial charge is 0.416 e. The van der Waals surface area contributed by atoms with E-state index in [2.05, 4.69) is 15.3 Å². The van der Waals surface area contributed by atoms with Crippen LogP contribution in [0.3, 0.4) is 0 Å². The molecule has 2 amide bonds. The molecule has 7 nitrogen and oxygen atoms in total. The van der Waals surface area contributed by atoms with E-state index < -0.39 is 17.8 Å². The standard InChI is InChI=1S/C20H16F3N5O2/c21-20(22,23)13-2-1-3-14(11-13)26-19(29)28-9-7-12-10-15(4-5-16(12)28)30-17-6-8-25-18(24)27-17/h1-6,8,10-11H,7,9H2,(H,26,29)(H2,24,25,27). The number of nitrogens with zero attached hydrogens (tertiary/aromatic N) is 3. The number of ether oxygens (including phenoxy) is 1. The van der Waals surface area contributed by atoms with Crippen LogP contribution < -0.4 is 20.7 Å². The largest absolute Gasteiger partial charge is 0.439 e. The number of nitrogen functional groups attached to an aromatic ring is 1. The summed E-state index contributed by atoms with van der Waals surface area (Å²) in [6.07, 6.45) is -2.43. The fourth-order valence-electron chi connectivity index (χ4n) is 3.15. The Kier molecular flexibility index (Phi) is 4.90. The molecule has 0 fully saturated rings. The number of amides is 2. The van der Waals surface area contributed by atoms with E-state index in [1.54, 1.807) is 24.3 Å². The van der Waals surface area contributed by atoms with Gasteiger partial charge in [0.15, 0.2) is 0 Å². The van der Waals surface area contributed by atoms with E-state index in [0.29, 0.717) is 30.3 Å². The van der Waals surface area contributed by atoms with E-state index in [1.165, 1.54) is 23.2 Å². The Morgan fingerprint density at radius 2 is 2.00 bits per heavy atom. The van der Waals surface area contributed by atoms with Crippen LogP contribution in [0.2, 0.25) is 0 Å². The Morgan fingerprint density at radius 1 is 1.17 bits per heavy atom. The Bertz CT molecular complexity index is 1100. The molecule has 0 aliphatic carbocycles. The van der Waals surface area contributed by atoms with Crippen molar-refractivity contribution >= 4 is 23.4 Å². The summed E-state index contributed by atoms with van der Waals surface area (Å²) in [4.78, 5) is 21.9. The lowest BCUT2D eigenvalue weighted by Crippen LogP contribution is -2.33. The van der Waals surface area contributed by atoms with Gasteiger partial charge in [0, 0.05) is 30.2 Å². The van der Waals surface area contributed by atoms with Crippen LogP contribution in [0, 0.1) is 0 Å². The number of anilines is 3. The topological polar surface area (TPSA) is 93.4 Å². The Labute approximate surface area is 169 Å². The molecule has 2 aromatic carbocycles. The molecule has 154 valence electrons. The first kappa shape index (κ1) is 19.5. The summed E-state index contributed by atoms with van der Waals surface area (Å²) in [5.74, 6) is 0.901. The van der Waals surface area contributed by atoms with Gasteiger partial charge in [-0.3, -0.25) is 4.90 Å². The van der Waals surface area contributed by atoms with Gasteiger partial charge in [-0.15, -0.1) is 0 Å². The SMILES string of the molecule is Nc1nccc(Oc2ccc3c(c2)CCN3C(=O)Nc2cccc(C(F)(F)F)c2)n1. The van der Waals surface area contributed by atoms with Crippen LogP contribution in [0.15, 0.2) is 54.7 Å². The van der Waals surface area contributed by atoms with E-state index >= 15 is 0 Å². The van der Waals surface area contributed by atoms with Gasteiger partial charge in [0.2, 0.25) is 11.8 Å². The first-order chi connectivity index (χ1) is 14.3. The second kappa shape index (κ2) is 7.54. The molecular weight excluding hydrogens is 399 g/mol. The van der Waals surface area contributed by atoms with E-state index in [9.17, 15) is 18.0 Å². The average Bonchev–Trinajstić information content (AvgIpc) is 3.11. The third kappa shape index (κ3) is 4.12. The highest BCUT2D eigenvalue weighted by Gasteiger charge is 2.31. The molecule has 0 atom stereocenters. The average molecular weight is 415 g/mol. The summed E-state index contributed by atoms with van der Waals surface area (Å²) in [7, 11) is 0. The summed E-state index contributed by atoms with van der Waals surface area (Å²) < 4.78 is 44.3. The maximum Gasteiger partial charge on any atom is 0.416 e. The Balaban J connectivity index is 1.49. The predicted molar refractivity (Wildman–Crippen MR) is 104 cm³/mol. The number of halogens is 3.